The van der Waals surface area contributed by atoms with Crippen molar-refractivity contribution in [2.75, 3.05) is 25.1 Å². The number of nitrogens with zero attached hydrogens (tertiary/aromatic N) is 1. The van der Waals surface area contributed by atoms with Crippen LogP contribution >= 0.6 is 15.9 Å². The molecule has 1 aliphatic heterocycles. The van der Waals surface area contributed by atoms with E-state index in [0.717, 1.165) is 10.0 Å². The highest BCUT2D eigenvalue weighted by molar-refractivity contribution is 9.10. The number of rotatable bonds is 5. The molecule has 0 bridgehead atoms. The molecule has 1 fully saturated rings. The van der Waals surface area contributed by atoms with Gasteiger partial charge in [-0.15, -0.1) is 0 Å². The molecule has 1 aliphatic rings. The molecule has 0 spiro atoms. The maximum Gasteiger partial charge on any atom is 0.243 e. The second kappa shape index (κ2) is 8.42. The van der Waals surface area contributed by atoms with Crippen LogP contribution in [0.2, 0.25) is 0 Å². The number of halogens is 1. The van der Waals surface area contributed by atoms with Crippen LogP contribution in [0.5, 0.6) is 0 Å². The van der Waals surface area contributed by atoms with Crippen LogP contribution in [0.25, 0.3) is 0 Å². The fourth-order valence-corrected chi connectivity index (χ4v) is 3.37. The minimum absolute atomic E-state index is 0.0904. The molecular weight excluding hydrogens is 398 g/mol. The molecule has 0 aliphatic carbocycles. The first kappa shape index (κ1) is 18.5. The Labute approximate surface area is 160 Å². The fourth-order valence-electron chi connectivity index (χ4n) is 3.11. The molecular formula is C19H20BrN3O3. The average Bonchev–Trinajstić information content (AvgIpc) is 2.68. The van der Waals surface area contributed by atoms with Crippen molar-refractivity contribution in [1.82, 2.24) is 10.3 Å². The Morgan fingerprint density at radius 2 is 1.88 bits per heavy atom. The zero-order valence-electron chi connectivity index (χ0n) is 14.2. The van der Waals surface area contributed by atoms with Gasteiger partial charge in [-0.25, -0.2) is 0 Å². The van der Waals surface area contributed by atoms with Crippen LogP contribution in [0.3, 0.4) is 0 Å². The summed E-state index contributed by atoms with van der Waals surface area (Å²) in [4.78, 5) is 29.0. The van der Waals surface area contributed by atoms with Crippen LogP contribution in [0.15, 0.2) is 53.3 Å². The fraction of sp³-hybridized carbons (Fsp3) is 0.316. The first-order valence-corrected chi connectivity index (χ1v) is 9.21. The Hall–Kier alpha value is -2.25. The van der Waals surface area contributed by atoms with Crippen LogP contribution in [0.1, 0.15) is 18.4 Å². The van der Waals surface area contributed by atoms with Crippen LogP contribution < -0.4 is 10.6 Å². The summed E-state index contributed by atoms with van der Waals surface area (Å²) in [6.07, 6.45) is 4.36. The molecule has 2 amide bonds. The van der Waals surface area contributed by atoms with Gasteiger partial charge in [-0.1, -0.05) is 28.1 Å². The lowest BCUT2D eigenvalue weighted by Crippen LogP contribution is -2.49. The molecule has 1 aromatic carbocycles. The molecule has 0 unspecified atom stereocenters. The lowest BCUT2D eigenvalue weighted by atomic mass is 9.73. The molecule has 6 nitrogen and oxygen atoms in total. The molecule has 0 radical (unpaired) electrons. The van der Waals surface area contributed by atoms with Crippen LogP contribution in [-0.4, -0.2) is 36.6 Å². The quantitative estimate of drug-likeness (QED) is 0.783. The van der Waals surface area contributed by atoms with Gasteiger partial charge in [0, 0.05) is 23.9 Å². The molecule has 2 aromatic rings. The minimum Gasteiger partial charge on any atom is -0.381 e. The predicted octanol–water partition coefficient (Wildman–Crippen LogP) is 2.65. The number of benzene rings is 1. The predicted molar refractivity (Wildman–Crippen MR) is 102 cm³/mol. The number of nitrogens with one attached hydrogen (secondary N) is 2. The molecule has 3 rings (SSSR count). The molecule has 1 saturated heterocycles. The van der Waals surface area contributed by atoms with Crippen molar-refractivity contribution in [2.45, 2.75) is 18.3 Å². The van der Waals surface area contributed by atoms with Crippen molar-refractivity contribution in [3.63, 3.8) is 0 Å². The summed E-state index contributed by atoms with van der Waals surface area (Å²) >= 11 is 3.42. The average molecular weight is 418 g/mol. The Balaban J connectivity index is 1.68. The number of carbonyl (C=O) groups excluding carboxylic acids is 2. The van der Waals surface area contributed by atoms with Crippen LogP contribution in [0.4, 0.5) is 5.69 Å². The van der Waals surface area contributed by atoms with Gasteiger partial charge >= 0.3 is 0 Å². The Morgan fingerprint density at radius 1 is 1.15 bits per heavy atom. The summed E-state index contributed by atoms with van der Waals surface area (Å²) in [5.41, 5.74) is 0.864. The van der Waals surface area contributed by atoms with Gasteiger partial charge in [0.2, 0.25) is 11.8 Å². The highest BCUT2D eigenvalue weighted by Gasteiger charge is 2.41. The second-order valence-corrected chi connectivity index (χ2v) is 7.09. The van der Waals surface area contributed by atoms with E-state index in [9.17, 15) is 9.59 Å². The molecule has 0 saturated carbocycles. The number of anilines is 1. The maximum atomic E-state index is 13.0. The SMILES string of the molecule is O=C(CNC(=O)C1(c2ccc(Br)cc2)CCOCC1)Nc1cccnc1. The van der Waals surface area contributed by atoms with Gasteiger partial charge in [-0.3, -0.25) is 14.6 Å². The largest absolute Gasteiger partial charge is 0.381 e. The lowest BCUT2D eigenvalue weighted by molar-refractivity contribution is -0.132. The molecule has 1 aromatic heterocycles. The molecule has 2 heterocycles. The van der Waals surface area contributed by atoms with Gasteiger partial charge in [-0.05, 0) is 42.7 Å². The van der Waals surface area contributed by atoms with E-state index >= 15 is 0 Å². The summed E-state index contributed by atoms with van der Waals surface area (Å²) < 4.78 is 6.41. The number of carbonyl (C=O) groups is 2. The van der Waals surface area contributed by atoms with Crippen molar-refractivity contribution in [3.8, 4) is 0 Å². The van der Waals surface area contributed by atoms with E-state index in [0.29, 0.717) is 31.7 Å². The van der Waals surface area contributed by atoms with Gasteiger partial charge in [0.05, 0.1) is 23.8 Å². The van der Waals surface area contributed by atoms with E-state index in [-0.39, 0.29) is 18.4 Å². The first-order chi connectivity index (χ1) is 12.6. The third kappa shape index (κ3) is 4.28. The van der Waals surface area contributed by atoms with E-state index < -0.39 is 5.41 Å². The van der Waals surface area contributed by atoms with Crippen molar-refractivity contribution in [1.29, 1.82) is 0 Å². The normalized spacial score (nSPS) is 15.9. The second-order valence-electron chi connectivity index (χ2n) is 6.17. The minimum atomic E-state index is -0.673. The van der Waals surface area contributed by atoms with Crippen molar-refractivity contribution >= 4 is 33.4 Å². The third-order valence-electron chi connectivity index (χ3n) is 4.53. The topological polar surface area (TPSA) is 80.3 Å². The maximum absolute atomic E-state index is 13.0. The van der Waals surface area contributed by atoms with Crippen molar-refractivity contribution in [2.24, 2.45) is 0 Å². The molecule has 2 N–H and O–H groups in total. The van der Waals surface area contributed by atoms with Gasteiger partial charge in [-0.2, -0.15) is 0 Å². The van der Waals surface area contributed by atoms with Gasteiger partial charge in [0.1, 0.15) is 0 Å². The van der Waals surface area contributed by atoms with Crippen LogP contribution in [0, 0.1) is 0 Å². The van der Waals surface area contributed by atoms with Gasteiger partial charge < -0.3 is 15.4 Å². The summed E-state index contributed by atoms with van der Waals surface area (Å²) in [5, 5.41) is 5.50. The molecule has 26 heavy (non-hydrogen) atoms. The number of ether oxygens (including phenoxy) is 1. The van der Waals surface area contributed by atoms with E-state index in [1.165, 1.54) is 0 Å². The van der Waals surface area contributed by atoms with E-state index in [1.54, 1.807) is 24.5 Å². The summed E-state index contributed by atoms with van der Waals surface area (Å²) in [5.74, 6) is -0.436. The molecule has 7 heteroatoms. The number of hydrogen-bond acceptors (Lipinski definition) is 4. The standard InChI is InChI=1S/C19H20BrN3O3/c20-15-5-3-14(4-6-15)19(7-10-26-11-8-19)18(25)22-13-17(24)23-16-2-1-9-21-12-16/h1-6,9,12H,7-8,10-11,13H2,(H,22,25)(H,23,24). The van der Waals surface area contributed by atoms with E-state index in [1.807, 2.05) is 24.3 Å². The van der Waals surface area contributed by atoms with E-state index in [2.05, 4.69) is 31.5 Å². The Kier molecular flexibility index (Phi) is 6.00. The van der Waals surface area contributed by atoms with Crippen molar-refractivity contribution < 1.29 is 14.3 Å². The Bertz CT molecular complexity index is 759. The number of amides is 2. The Morgan fingerprint density at radius 3 is 2.54 bits per heavy atom. The number of pyridine rings is 1. The van der Waals surface area contributed by atoms with Gasteiger partial charge in [0.15, 0.2) is 0 Å². The smallest absolute Gasteiger partial charge is 0.243 e. The highest BCUT2D eigenvalue weighted by atomic mass is 79.9. The summed E-state index contributed by atoms with van der Waals surface area (Å²) in [7, 11) is 0. The first-order valence-electron chi connectivity index (χ1n) is 8.42. The molecule has 136 valence electrons. The summed E-state index contributed by atoms with van der Waals surface area (Å²) in [6, 6.07) is 11.2. The summed E-state index contributed by atoms with van der Waals surface area (Å²) in [6.45, 7) is 0.948. The van der Waals surface area contributed by atoms with Crippen LogP contribution in [-0.2, 0) is 19.7 Å². The zero-order chi connectivity index (χ0) is 18.4. The number of hydrogen-bond donors (Lipinski definition) is 2. The zero-order valence-corrected chi connectivity index (χ0v) is 15.8. The lowest BCUT2D eigenvalue weighted by Gasteiger charge is -2.36. The van der Waals surface area contributed by atoms with Gasteiger partial charge in [0.25, 0.3) is 0 Å². The number of aromatic nitrogens is 1. The monoisotopic (exact) mass is 417 g/mol. The van der Waals surface area contributed by atoms with E-state index in [4.69, 9.17) is 4.74 Å². The van der Waals surface area contributed by atoms with Crippen molar-refractivity contribution in [3.05, 3.63) is 58.8 Å². The highest BCUT2D eigenvalue weighted by Crippen LogP contribution is 2.35. The molecule has 0 atom stereocenters. The third-order valence-corrected chi connectivity index (χ3v) is 5.06.